The summed E-state index contributed by atoms with van der Waals surface area (Å²) in [7, 11) is 1.59. The van der Waals surface area contributed by atoms with E-state index in [-0.39, 0.29) is 18.0 Å². The van der Waals surface area contributed by atoms with Crippen LogP contribution in [0.2, 0.25) is 0 Å². The Morgan fingerprint density at radius 2 is 1.86 bits per heavy atom. The molecule has 1 amide bonds. The minimum atomic E-state index is -0.0114. The predicted molar refractivity (Wildman–Crippen MR) is 109 cm³/mol. The van der Waals surface area contributed by atoms with Crippen LogP contribution in [0.25, 0.3) is 6.08 Å². The maximum Gasteiger partial charge on any atom is 0.247 e. The minimum Gasteiger partial charge on any atom is -0.493 e. The highest BCUT2D eigenvalue weighted by atomic mass is 16.5. The van der Waals surface area contributed by atoms with Gasteiger partial charge in [0.2, 0.25) is 5.91 Å². The maximum absolute atomic E-state index is 12.5. The number of amides is 1. The lowest BCUT2D eigenvalue weighted by atomic mass is 10.1. The van der Waals surface area contributed by atoms with Crippen molar-refractivity contribution in [1.29, 1.82) is 0 Å². The summed E-state index contributed by atoms with van der Waals surface area (Å²) in [6.07, 6.45) is 3.39. The molecule has 6 heteroatoms. The van der Waals surface area contributed by atoms with E-state index in [0.29, 0.717) is 18.1 Å². The number of hydrogen-bond acceptors (Lipinski definition) is 5. The van der Waals surface area contributed by atoms with Gasteiger partial charge in [0, 0.05) is 18.2 Å². The van der Waals surface area contributed by atoms with Gasteiger partial charge in [-0.3, -0.25) is 4.79 Å². The molecule has 1 heterocycles. The van der Waals surface area contributed by atoms with Gasteiger partial charge in [0.1, 0.15) is 12.4 Å². The molecule has 1 aromatic heterocycles. The molecule has 0 fully saturated rings. The van der Waals surface area contributed by atoms with E-state index in [4.69, 9.17) is 14.0 Å². The summed E-state index contributed by atoms with van der Waals surface area (Å²) >= 11 is 0. The molecule has 6 nitrogen and oxygen atoms in total. The van der Waals surface area contributed by atoms with Crippen molar-refractivity contribution in [3.8, 4) is 11.5 Å². The Morgan fingerprint density at radius 1 is 1.18 bits per heavy atom. The van der Waals surface area contributed by atoms with Gasteiger partial charge in [0.15, 0.2) is 11.5 Å². The number of aryl methyl sites for hydroxylation is 2. The van der Waals surface area contributed by atoms with Crippen LogP contribution in [-0.2, 0) is 11.4 Å². The van der Waals surface area contributed by atoms with Crippen LogP contribution in [-0.4, -0.2) is 35.2 Å². The summed E-state index contributed by atoms with van der Waals surface area (Å²) < 4.78 is 16.5. The molecule has 2 rings (SSSR count). The second-order valence-electron chi connectivity index (χ2n) is 7.27. The summed E-state index contributed by atoms with van der Waals surface area (Å²) in [5.41, 5.74) is 2.61. The number of ether oxygens (including phenoxy) is 2. The molecule has 0 bridgehead atoms. The van der Waals surface area contributed by atoms with Crippen LogP contribution in [0.4, 0.5) is 0 Å². The molecule has 0 aliphatic heterocycles. The molecule has 0 N–H and O–H groups in total. The zero-order valence-corrected chi connectivity index (χ0v) is 17.8. The van der Waals surface area contributed by atoms with E-state index >= 15 is 0 Å². The van der Waals surface area contributed by atoms with Gasteiger partial charge in [-0.15, -0.1) is 0 Å². The van der Waals surface area contributed by atoms with Gasteiger partial charge < -0.3 is 18.9 Å². The molecule has 0 spiro atoms. The first kappa shape index (κ1) is 21.5. The first-order chi connectivity index (χ1) is 13.2. The van der Waals surface area contributed by atoms with E-state index in [1.165, 1.54) is 0 Å². The monoisotopic (exact) mass is 386 g/mol. The number of methoxy groups -OCH3 is 1. The summed E-state index contributed by atoms with van der Waals surface area (Å²) in [6.45, 7) is 12.1. The number of carbonyl (C=O) groups is 1. The number of hydrogen-bond donors (Lipinski definition) is 0. The van der Waals surface area contributed by atoms with Gasteiger partial charge in [-0.2, -0.15) is 0 Å². The SMILES string of the molecule is COc1cc(C=CC(=O)N(C(C)C)C(C)C)ccc1OCc1c(C)noc1C. The standard InChI is InChI=1S/C22H30N2O4/c1-14(2)24(15(3)4)22(25)11-9-18-8-10-20(21(12-18)26-7)27-13-19-16(5)23-28-17(19)6/h8-12,14-15H,13H2,1-7H3. The lowest BCUT2D eigenvalue weighted by Crippen LogP contribution is -2.41. The van der Waals surface area contributed by atoms with Crippen LogP contribution in [0.15, 0.2) is 28.8 Å². The highest BCUT2D eigenvalue weighted by molar-refractivity contribution is 5.92. The number of aromatic nitrogens is 1. The number of benzene rings is 1. The Hall–Kier alpha value is -2.76. The average Bonchev–Trinajstić information content (AvgIpc) is 2.95. The average molecular weight is 386 g/mol. The molecule has 0 unspecified atom stereocenters. The number of carbonyl (C=O) groups excluding carboxylic acids is 1. The quantitative estimate of drug-likeness (QED) is 0.623. The highest BCUT2D eigenvalue weighted by Crippen LogP contribution is 2.30. The molecular formula is C22H30N2O4. The zero-order valence-electron chi connectivity index (χ0n) is 17.8. The van der Waals surface area contributed by atoms with E-state index in [0.717, 1.165) is 22.6 Å². The normalized spacial score (nSPS) is 11.5. The smallest absolute Gasteiger partial charge is 0.247 e. The fourth-order valence-corrected chi connectivity index (χ4v) is 3.12. The van der Waals surface area contributed by atoms with Crippen LogP contribution in [0, 0.1) is 13.8 Å². The van der Waals surface area contributed by atoms with Crippen molar-refractivity contribution in [2.24, 2.45) is 0 Å². The van der Waals surface area contributed by atoms with E-state index in [2.05, 4.69) is 5.16 Å². The molecular weight excluding hydrogens is 356 g/mol. The van der Waals surface area contributed by atoms with Crippen LogP contribution in [0.5, 0.6) is 11.5 Å². The van der Waals surface area contributed by atoms with Crippen molar-refractivity contribution in [3.05, 3.63) is 46.9 Å². The Bertz CT molecular complexity index is 810. The van der Waals surface area contributed by atoms with E-state index in [1.54, 1.807) is 19.3 Å². The largest absolute Gasteiger partial charge is 0.493 e. The first-order valence-corrected chi connectivity index (χ1v) is 9.47. The first-order valence-electron chi connectivity index (χ1n) is 9.47. The molecule has 1 aromatic carbocycles. The van der Waals surface area contributed by atoms with Gasteiger partial charge in [0.05, 0.1) is 18.4 Å². The van der Waals surface area contributed by atoms with E-state index in [1.807, 2.05) is 64.6 Å². The van der Waals surface area contributed by atoms with Crippen LogP contribution in [0.1, 0.15) is 50.3 Å². The molecule has 2 aromatic rings. The zero-order chi connectivity index (χ0) is 20.8. The summed E-state index contributed by atoms with van der Waals surface area (Å²) in [4.78, 5) is 14.3. The van der Waals surface area contributed by atoms with Crippen molar-refractivity contribution < 1.29 is 18.8 Å². The number of nitrogens with zero attached hydrogens (tertiary/aromatic N) is 2. The Balaban J connectivity index is 2.13. The molecule has 0 saturated carbocycles. The lowest BCUT2D eigenvalue weighted by Gasteiger charge is -2.29. The fourth-order valence-electron chi connectivity index (χ4n) is 3.12. The van der Waals surface area contributed by atoms with Crippen LogP contribution >= 0.6 is 0 Å². The molecule has 0 saturated heterocycles. The fraction of sp³-hybridized carbons (Fsp3) is 0.455. The van der Waals surface area contributed by atoms with Crippen molar-refractivity contribution in [2.45, 2.75) is 60.2 Å². The summed E-state index contributed by atoms with van der Waals surface area (Å²) in [5.74, 6) is 1.96. The van der Waals surface area contributed by atoms with Crippen molar-refractivity contribution >= 4 is 12.0 Å². The number of rotatable bonds is 8. The van der Waals surface area contributed by atoms with Gasteiger partial charge in [-0.05, 0) is 65.3 Å². The summed E-state index contributed by atoms with van der Waals surface area (Å²) in [6, 6.07) is 5.87. The van der Waals surface area contributed by atoms with Gasteiger partial charge >= 0.3 is 0 Å². The maximum atomic E-state index is 12.5. The molecule has 152 valence electrons. The second kappa shape index (κ2) is 9.44. The molecule has 0 aliphatic carbocycles. The minimum absolute atomic E-state index is 0.0114. The van der Waals surface area contributed by atoms with Gasteiger partial charge in [-0.1, -0.05) is 11.2 Å². The topological polar surface area (TPSA) is 64.8 Å². The summed E-state index contributed by atoms with van der Waals surface area (Å²) in [5, 5.41) is 3.93. The van der Waals surface area contributed by atoms with E-state index < -0.39 is 0 Å². The van der Waals surface area contributed by atoms with Crippen molar-refractivity contribution in [2.75, 3.05) is 7.11 Å². The second-order valence-corrected chi connectivity index (χ2v) is 7.27. The van der Waals surface area contributed by atoms with Crippen molar-refractivity contribution in [1.82, 2.24) is 10.1 Å². The Morgan fingerprint density at radius 3 is 2.39 bits per heavy atom. The predicted octanol–water partition coefficient (Wildman–Crippen LogP) is 4.54. The lowest BCUT2D eigenvalue weighted by molar-refractivity contribution is -0.129. The Kier molecular flexibility index (Phi) is 7.26. The molecule has 0 radical (unpaired) electrons. The molecule has 0 aliphatic rings. The van der Waals surface area contributed by atoms with Crippen LogP contribution < -0.4 is 9.47 Å². The Labute approximate surface area is 167 Å². The third-order valence-electron chi connectivity index (χ3n) is 4.53. The molecule has 0 atom stereocenters. The van der Waals surface area contributed by atoms with Crippen LogP contribution in [0.3, 0.4) is 0 Å². The molecule has 28 heavy (non-hydrogen) atoms. The van der Waals surface area contributed by atoms with E-state index in [9.17, 15) is 4.79 Å². The highest BCUT2D eigenvalue weighted by Gasteiger charge is 2.17. The van der Waals surface area contributed by atoms with Crippen molar-refractivity contribution in [3.63, 3.8) is 0 Å². The third kappa shape index (κ3) is 5.15. The van der Waals surface area contributed by atoms with Gasteiger partial charge in [0.25, 0.3) is 0 Å². The van der Waals surface area contributed by atoms with Gasteiger partial charge in [-0.25, -0.2) is 0 Å². The third-order valence-corrected chi connectivity index (χ3v) is 4.53.